The van der Waals surface area contributed by atoms with Crippen LogP contribution < -0.4 is 10.6 Å². The second kappa shape index (κ2) is 11.7. The number of hydrogen-bond donors (Lipinski definition) is 3. The van der Waals surface area contributed by atoms with Crippen molar-refractivity contribution in [3.8, 4) is 0 Å². The lowest BCUT2D eigenvalue weighted by molar-refractivity contribution is -0.337. The van der Waals surface area contributed by atoms with Crippen molar-refractivity contribution in [2.45, 2.75) is 89.7 Å². The maximum atomic E-state index is 12.5. The third kappa shape index (κ3) is 8.37. The lowest BCUT2D eigenvalue weighted by atomic mass is 9.95. The van der Waals surface area contributed by atoms with Gasteiger partial charge in [0.05, 0.1) is 6.61 Å². The molecule has 2 aliphatic heterocycles. The fourth-order valence-corrected chi connectivity index (χ4v) is 3.75. The van der Waals surface area contributed by atoms with Gasteiger partial charge >= 0.3 is 12.2 Å². The van der Waals surface area contributed by atoms with Crippen molar-refractivity contribution in [3.63, 3.8) is 0 Å². The van der Waals surface area contributed by atoms with Gasteiger partial charge in [0.2, 0.25) is 5.96 Å². The molecule has 37 heavy (non-hydrogen) atoms. The van der Waals surface area contributed by atoms with Crippen molar-refractivity contribution < 1.29 is 43.1 Å². The van der Waals surface area contributed by atoms with E-state index in [4.69, 9.17) is 28.4 Å². The fourth-order valence-electron chi connectivity index (χ4n) is 3.75. The molecule has 6 atom stereocenters. The number of carbonyl (C=O) groups excluding carboxylic acids is 2. The minimum Gasteiger partial charge on any atom is -0.444 e. The van der Waals surface area contributed by atoms with E-state index in [0.717, 1.165) is 5.56 Å². The van der Waals surface area contributed by atoms with Gasteiger partial charge < -0.3 is 33.5 Å². The SMILES string of the molecule is CO[C@H]1O[C@@H]2CO[C@@H](c3ccccc3)O[C@H]2[C@@H](N=C(NC(=O)OC(C)(C)C)NC(=O)OC(C)(C)C)[C@@H]1O. The zero-order valence-corrected chi connectivity index (χ0v) is 22.2. The number of aliphatic imine (C=N–C) groups is 1. The lowest BCUT2D eigenvalue weighted by Crippen LogP contribution is -2.62. The summed E-state index contributed by atoms with van der Waals surface area (Å²) in [6, 6.07) is 8.24. The Morgan fingerprint density at radius 1 is 0.973 bits per heavy atom. The minimum atomic E-state index is -1.31. The zero-order chi connectivity index (χ0) is 27.4. The van der Waals surface area contributed by atoms with Crippen molar-refractivity contribution in [2.24, 2.45) is 4.99 Å². The predicted octanol–water partition coefficient (Wildman–Crippen LogP) is 2.61. The maximum absolute atomic E-state index is 12.5. The first-order valence-electron chi connectivity index (χ1n) is 12.0. The third-order valence-corrected chi connectivity index (χ3v) is 5.15. The molecule has 1 aromatic rings. The van der Waals surface area contributed by atoms with E-state index in [1.54, 1.807) is 41.5 Å². The van der Waals surface area contributed by atoms with Crippen LogP contribution in [0.3, 0.4) is 0 Å². The van der Waals surface area contributed by atoms with E-state index in [9.17, 15) is 14.7 Å². The molecule has 2 heterocycles. The Kier molecular flexibility index (Phi) is 9.13. The molecule has 0 saturated carbocycles. The molecule has 2 fully saturated rings. The second-order valence-corrected chi connectivity index (χ2v) is 10.7. The van der Waals surface area contributed by atoms with Crippen molar-refractivity contribution in [1.82, 2.24) is 10.6 Å². The number of nitrogens with zero attached hydrogens (tertiary/aromatic N) is 1. The number of aliphatic hydroxyl groups excluding tert-OH is 1. The largest absolute Gasteiger partial charge is 0.444 e. The fraction of sp³-hybridized carbons (Fsp3) is 0.640. The summed E-state index contributed by atoms with van der Waals surface area (Å²) in [6.45, 7) is 10.3. The van der Waals surface area contributed by atoms with Crippen LogP contribution in [-0.4, -0.2) is 78.8 Å². The van der Waals surface area contributed by atoms with Gasteiger partial charge in [-0.05, 0) is 41.5 Å². The van der Waals surface area contributed by atoms with E-state index in [2.05, 4.69) is 15.6 Å². The molecule has 0 unspecified atom stereocenters. The summed E-state index contributed by atoms with van der Waals surface area (Å²) in [5.41, 5.74) is -0.845. The number of methoxy groups -OCH3 is 1. The smallest absolute Gasteiger partial charge is 0.414 e. The van der Waals surface area contributed by atoms with Crippen molar-refractivity contribution in [2.75, 3.05) is 13.7 Å². The molecule has 3 N–H and O–H groups in total. The van der Waals surface area contributed by atoms with Crippen LogP contribution in [0.5, 0.6) is 0 Å². The number of hydrogen-bond acceptors (Lipinski definition) is 10. The topological polar surface area (TPSA) is 146 Å². The molecular weight excluding hydrogens is 486 g/mol. The molecule has 3 rings (SSSR count). The van der Waals surface area contributed by atoms with E-state index < -0.39 is 60.3 Å². The summed E-state index contributed by atoms with van der Waals surface area (Å²) >= 11 is 0. The van der Waals surface area contributed by atoms with Crippen molar-refractivity contribution >= 4 is 18.1 Å². The molecule has 2 amide bonds. The van der Waals surface area contributed by atoms with Gasteiger partial charge in [-0.1, -0.05) is 30.3 Å². The highest BCUT2D eigenvalue weighted by Gasteiger charge is 2.50. The second-order valence-electron chi connectivity index (χ2n) is 10.7. The number of guanidine groups is 1. The monoisotopic (exact) mass is 523 g/mol. The molecule has 2 aliphatic rings. The van der Waals surface area contributed by atoms with Gasteiger partial charge in [-0.25, -0.2) is 14.6 Å². The van der Waals surface area contributed by atoms with Crippen LogP contribution >= 0.6 is 0 Å². The molecule has 12 heteroatoms. The Balaban J connectivity index is 1.92. The maximum Gasteiger partial charge on any atom is 0.414 e. The summed E-state index contributed by atoms with van der Waals surface area (Å²) in [6.07, 6.45) is -6.28. The van der Waals surface area contributed by atoms with Gasteiger partial charge in [0.25, 0.3) is 0 Å². The number of alkyl carbamates (subject to hydrolysis) is 2. The first kappa shape index (κ1) is 28.8. The van der Waals surface area contributed by atoms with Crippen molar-refractivity contribution in [3.05, 3.63) is 35.9 Å². The van der Waals surface area contributed by atoms with E-state index >= 15 is 0 Å². The number of ether oxygens (including phenoxy) is 6. The van der Waals surface area contributed by atoms with Crippen LogP contribution in [0.4, 0.5) is 9.59 Å². The predicted molar refractivity (Wildman–Crippen MR) is 132 cm³/mol. The highest BCUT2D eigenvalue weighted by atomic mass is 16.7. The van der Waals surface area contributed by atoms with E-state index in [1.807, 2.05) is 30.3 Å². The Morgan fingerprint density at radius 3 is 2.05 bits per heavy atom. The first-order chi connectivity index (χ1) is 17.3. The summed E-state index contributed by atoms with van der Waals surface area (Å²) in [7, 11) is 1.38. The van der Waals surface area contributed by atoms with Gasteiger partial charge in [-0.15, -0.1) is 0 Å². The number of benzene rings is 1. The van der Waals surface area contributed by atoms with E-state index in [-0.39, 0.29) is 12.6 Å². The molecule has 0 aliphatic carbocycles. The van der Waals surface area contributed by atoms with Gasteiger partial charge in [-0.3, -0.25) is 10.6 Å². The number of rotatable bonds is 3. The molecule has 2 saturated heterocycles. The summed E-state index contributed by atoms with van der Waals surface area (Å²) < 4.78 is 33.7. The summed E-state index contributed by atoms with van der Waals surface area (Å²) in [5, 5.41) is 15.9. The summed E-state index contributed by atoms with van der Waals surface area (Å²) in [4.78, 5) is 29.5. The van der Waals surface area contributed by atoms with Crippen molar-refractivity contribution in [1.29, 1.82) is 0 Å². The van der Waals surface area contributed by atoms with Crippen LogP contribution in [-0.2, 0) is 28.4 Å². The third-order valence-electron chi connectivity index (χ3n) is 5.15. The number of aliphatic hydroxyl groups is 1. The van der Waals surface area contributed by atoms with Crippen LogP contribution in [0.15, 0.2) is 35.3 Å². The quantitative estimate of drug-likeness (QED) is 0.402. The van der Waals surface area contributed by atoms with Gasteiger partial charge in [0.1, 0.15) is 35.6 Å². The minimum absolute atomic E-state index is 0.136. The molecule has 0 spiro atoms. The molecule has 0 radical (unpaired) electrons. The Bertz CT molecular complexity index is 926. The molecular formula is C25H37N3O9. The molecule has 0 aromatic heterocycles. The van der Waals surface area contributed by atoms with Gasteiger partial charge in [0.15, 0.2) is 12.6 Å². The highest BCUT2D eigenvalue weighted by molar-refractivity contribution is 6.01. The average Bonchev–Trinajstić information content (AvgIpc) is 2.78. The molecule has 206 valence electrons. The van der Waals surface area contributed by atoms with Gasteiger partial charge in [0, 0.05) is 12.7 Å². The Labute approximate surface area is 216 Å². The van der Waals surface area contributed by atoms with Gasteiger partial charge in [-0.2, -0.15) is 0 Å². The number of nitrogens with one attached hydrogen (secondary N) is 2. The van der Waals surface area contributed by atoms with Crippen LogP contribution in [0.2, 0.25) is 0 Å². The standard InChI is InChI=1S/C25H37N3O9/c1-24(2,3)36-22(30)27-21(28-23(31)37-25(4,5)6)26-16-17(29)20(32-7)34-15-13-33-19(35-18(15)16)14-11-9-8-10-12-14/h8-12,15-20,29H,13H2,1-7H3,(H2,26,27,28,30,31)/t15-,16+,17+,18-,19-,20+/m1/s1. The number of amides is 2. The number of carbonyl (C=O) groups is 2. The molecule has 1 aromatic carbocycles. The Hall–Kier alpha value is -2.77. The van der Waals surface area contributed by atoms with Crippen LogP contribution in [0, 0.1) is 0 Å². The number of fused-ring (bicyclic) bond motifs is 1. The molecule has 0 bridgehead atoms. The first-order valence-corrected chi connectivity index (χ1v) is 12.0. The van der Waals surface area contributed by atoms with Crippen LogP contribution in [0.1, 0.15) is 53.4 Å². The highest BCUT2D eigenvalue weighted by Crippen LogP contribution is 2.35. The summed E-state index contributed by atoms with van der Waals surface area (Å²) in [5.74, 6) is -0.297. The lowest BCUT2D eigenvalue weighted by Gasteiger charge is -2.46. The average molecular weight is 524 g/mol. The van der Waals surface area contributed by atoms with Crippen LogP contribution in [0.25, 0.3) is 0 Å². The van der Waals surface area contributed by atoms with E-state index in [0.29, 0.717) is 0 Å². The zero-order valence-electron chi connectivity index (χ0n) is 22.2. The normalized spacial score (nSPS) is 27.9. The molecule has 12 nitrogen and oxygen atoms in total. The van der Waals surface area contributed by atoms with E-state index in [1.165, 1.54) is 7.11 Å². The Morgan fingerprint density at radius 2 is 1.54 bits per heavy atom.